The van der Waals surface area contributed by atoms with E-state index in [1.54, 1.807) is 0 Å². The number of alkyl halides is 5. The molecule has 22 heavy (non-hydrogen) atoms. The van der Waals surface area contributed by atoms with E-state index in [-0.39, 0.29) is 12.1 Å². The van der Waals surface area contributed by atoms with Crippen molar-refractivity contribution in [2.24, 2.45) is 5.73 Å². The third-order valence-corrected chi connectivity index (χ3v) is 3.74. The maximum absolute atomic E-state index is 13.4. The molecule has 0 saturated heterocycles. The topological polar surface area (TPSA) is 101 Å². The summed E-state index contributed by atoms with van der Waals surface area (Å²) in [7, 11) is -4.16. The molecule has 0 aromatic heterocycles. The van der Waals surface area contributed by atoms with Gasteiger partial charge in [0, 0.05) is 11.8 Å². The number of hydrogen-bond acceptors (Lipinski definition) is 4. The Labute approximate surface area is 121 Å². The average Bonchev–Trinajstić information content (AvgIpc) is 2.34. The summed E-state index contributed by atoms with van der Waals surface area (Å²) < 4.78 is 87.0. The molecule has 0 aliphatic heterocycles. The fourth-order valence-corrected chi connectivity index (χ4v) is 2.43. The van der Waals surface area contributed by atoms with Gasteiger partial charge in [-0.25, -0.2) is 8.42 Å². The SMILES string of the molecule is CS(=O)(=O)c1cc(C(N)=O)c(C(F)(F)C(F)(F)F)cc1C#N. The summed E-state index contributed by atoms with van der Waals surface area (Å²) in [6.07, 6.45) is -5.47. The summed E-state index contributed by atoms with van der Waals surface area (Å²) in [5.74, 6) is -7.17. The van der Waals surface area contributed by atoms with Gasteiger partial charge < -0.3 is 5.73 Å². The third kappa shape index (κ3) is 3.01. The highest BCUT2D eigenvalue weighted by Gasteiger charge is 2.60. The van der Waals surface area contributed by atoms with E-state index in [2.05, 4.69) is 0 Å². The van der Waals surface area contributed by atoms with Crippen molar-refractivity contribution in [3.05, 3.63) is 28.8 Å². The summed E-state index contributed by atoms with van der Waals surface area (Å²) in [5.41, 5.74) is 0.579. The predicted molar refractivity (Wildman–Crippen MR) is 62.7 cm³/mol. The lowest BCUT2D eigenvalue weighted by molar-refractivity contribution is -0.289. The number of hydrogen-bond donors (Lipinski definition) is 1. The van der Waals surface area contributed by atoms with Crippen LogP contribution in [0.3, 0.4) is 0 Å². The molecule has 0 fully saturated rings. The Morgan fingerprint density at radius 1 is 1.23 bits per heavy atom. The van der Waals surface area contributed by atoms with E-state index in [1.807, 2.05) is 0 Å². The van der Waals surface area contributed by atoms with Crippen LogP contribution in [0.1, 0.15) is 21.5 Å². The normalized spacial score (nSPS) is 12.8. The Bertz CT molecular complexity index is 778. The number of carbonyl (C=O) groups is 1. The number of amides is 1. The minimum absolute atomic E-state index is 0.00394. The van der Waals surface area contributed by atoms with E-state index in [4.69, 9.17) is 11.0 Å². The molecular weight excluding hydrogens is 335 g/mol. The molecule has 0 bridgehead atoms. The number of halogens is 5. The number of rotatable bonds is 3. The molecule has 0 unspecified atom stereocenters. The van der Waals surface area contributed by atoms with Crippen LogP contribution in [0.2, 0.25) is 0 Å². The van der Waals surface area contributed by atoms with Gasteiger partial charge in [0.05, 0.1) is 16.0 Å². The van der Waals surface area contributed by atoms with Crippen LogP contribution in [-0.4, -0.2) is 26.8 Å². The van der Waals surface area contributed by atoms with E-state index in [9.17, 15) is 35.2 Å². The zero-order valence-corrected chi connectivity index (χ0v) is 11.5. The third-order valence-electron chi connectivity index (χ3n) is 2.60. The lowest BCUT2D eigenvalue weighted by Crippen LogP contribution is -2.36. The number of nitrogens with zero attached hydrogens (tertiary/aromatic N) is 1. The van der Waals surface area contributed by atoms with E-state index in [1.165, 1.54) is 6.07 Å². The van der Waals surface area contributed by atoms with Crippen LogP contribution in [-0.2, 0) is 15.8 Å². The minimum atomic E-state index is -6.06. The minimum Gasteiger partial charge on any atom is -0.366 e. The van der Waals surface area contributed by atoms with Gasteiger partial charge in [0.1, 0.15) is 6.07 Å². The molecule has 1 amide bonds. The molecule has 0 spiro atoms. The molecule has 1 rings (SSSR count). The summed E-state index contributed by atoms with van der Waals surface area (Å²) >= 11 is 0. The van der Waals surface area contributed by atoms with Crippen LogP contribution in [0.15, 0.2) is 17.0 Å². The van der Waals surface area contributed by atoms with Gasteiger partial charge in [-0.15, -0.1) is 0 Å². The molecule has 5 nitrogen and oxygen atoms in total. The van der Waals surface area contributed by atoms with Crippen LogP contribution in [0.5, 0.6) is 0 Å². The zero-order chi connectivity index (χ0) is 17.5. The maximum Gasteiger partial charge on any atom is 0.458 e. The smallest absolute Gasteiger partial charge is 0.366 e. The van der Waals surface area contributed by atoms with Crippen molar-refractivity contribution in [3.8, 4) is 6.07 Å². The molecule has 0 aliphatic rings. The second-order valence-corrected chi connectivity index (χ2v) is 6.20. The fraction of sp³-hybridized carbons (Fsp3) is 0.273. The fourth-order valence-electron chi connectivity index (χ4n) is 1.59. The van der Waals surface area contributed by atoms with Gasteiger partial charge in [0.2, 0.25) is 5.91 Å². The summed E-state index contributed by atoms with van der Waals surface area (Å²) in [6.45, 7) is 0. The molecule has 11 heteroatoms. The largest absolute Gasteiger partial charge is 0.458 e. The summed E-state index contributed by atoms with van der Waals surface area (Å²) in [5, 5.41) is 8.75. The summed E-state index contributed by atoms with van der Waals surface area (Å²) in [6, 6.07) is 1.45. The number of benzene rings is 1. The molecule has 1 aromatic rings. The first kappa shape index (κ1) is 17.8. The van der Waals surface area contributed by atoms with Crippen molar-refractivity contribution in [2.75, 3.05) is 6.26 Å². The molecular formula is C11H7F5N2O3S. The molecule has 0 saturated carbocycles. The van der Waals surface area contributed by atoms with Gasteiger partial charge >= 0.3 is 12.1 Å². The predicted octanol–water partition coefficient (Wildman–Crippen LogP) is 1.71. The molecule has 120 valence electrons. The van der Waals surface area contributed by atoms with Crippen molar-refractivity contribution in [1.82, 2.24) is 0 Å². The standard InChI is InChI=1S/C11H7F5N2O3S/c1-22(20,21)8-3-6(9(18)19)7(2-5(8)4-17)10(12,13)11(14,15)16/h2-3H,1H3,(H2,18,19). The van der Waals surface area contributed by atoms with Crippen molar-refractivity contribution in [3.63, 3.8) is 0 Å². The molecule has 2 N–H and O–H groups in total. The van der Waals surface area contributed by atoms with E-state index >= 15 is 0 Å². The van der Waals surface area contributed by atoms with E-state index < -0.39 is 49.4 Å². The first-order valence-corrected chi connectivity index (χ1v) is 7.15. The van der Waals surface area contributed by atoms with Crippen molar-refractivity contribution in [2.45, 2.75) is 17.0 Å². The van der Waals surface area contributed by atoms with Gasteiger partial charge in [-0.1, -0.05) is 0 Å². The number of nitriles is 1. The van der Waals surface area contributed by atoms with Gasteiger partial charge in [-0.05, 0) is 12.1 Å². The molecule has 0 aliphatic carbocycles. The zero-order valence-electron chi connectivity index (χ0n) is 10.7. The number of nitrogens with two attached hydrogens (primary N) is 1. The Balaban J connectivity index is 3.90. The number of sulfone groups is 1. The molecule has 0 atom stereocenters. The van der Waals surface area contributed by atoms with Crippen LogP contribution >= 0.6 is 0 Å². The number of carbonyl (C=O) groups excluding carboxylic acids is 1. The molecule has 0 radical (unpaired) electrons. The maximum atomic E-state index is 13.4. The molecule has 0 heterocycles. The molecule has 1 aromatic carbocycles. The lowest BCUT2D eigenvalue weighted by Gasteiger charge is -2.22. The Morgan fingerprint density at radius 3 is 2.05 bits per heavy atom. The highest BCUT2D eigenvalue weighted by molar-refractivity contribution is 7.90. The van der Waals surface area contributed by atoms with E-state index in [0.29, 0.717) is 6.26 Å². The Kier molecular flexibility index (Phi) is 4.22. The highest BCUT2D eigenvalue weighted by Crippen LogP contribution is 2.45. The first-order chi connectivity index (χ1) is 9.73. The van der Waals surface area contributed by atoms with Crippen LogP contribution in [0, 0.1) is 11.3 Å². The van der Waals surface area contributed by atoms with Gasteiger partial charge in [-0.2, -0.15) is 27.2 Å². The quantitative estimate of drug-likeness (QED) is 0.845. The first-order valence-electron chi connectivity index (χ1n) is 5.26. The monoisotopic (exact) mass is 342 g/mol. The van der Waals surface area contributed by atoms with Crippen molar-refractivity contribution >= 4 is 15.7 Å². The van der Waals surface area contributed by atoms with Gasteiger partial charge in [-0.3, -0.25) is 4.79 Å². The lowest BCUT2D eigenvalue weighted by atomic mass is 9.98. The summed E-state index contributed by atoms with van der Waals surface area (Å²) in [4.78, 5) is 10.2. The van der Waals surface area contributed by atoms with Crippen LogP contribution in [0.25, 0.3) is 0 Å². The van der Waals surface area contributed by atoms with Gasteiger partial charge in [0.15, 0.2) is 9.84 Å². The second kappa shape index (κ2) is 5.20. The Morgan fingerprint density at radius 2 is 1.73 bits per heavy atom. The number of primary amides is 1. The van der Waals surface area contributed by atoms with Crippen molar-refractivity contribution < 1.29 is 35.2 Å². The van der Waals surface area contributed by atoms with E-state index in [0.717, 1.165) is 0 Å². The Hall–Kier alpha value is -2.22. The average molecular weight is 342 g/mol. The van der Waals surface area contributed by atoms with Crippen molar-refractivity contribution in [1.29, 1.82) is 5.26 Å². The van der Waals surface area contributed by atoms with Gasteiger partial charge in [0.25, 0.3) is 0 Å². The van der Waals surface area contributed by atoms with Crippen LogP contribution in [0.4, 0.5) is 22.0 Å². The second-order valence-electron chi connectivity index (χ2n) is 4.21. The highest BCUT2D eigenvalue weighted by atomic mass is 32.2. The van der Waals surface area contributed by atoms with Crippen LogP contribution < -0.4 is 5.73 Å².